The van der Waals surface area contributed by atoms with E-state index in [1.165, 1.54) is 17.6 Å². The molecule has 9 nitrogen and oxygen atoms in total. The number of piperidine rings is 1. The average Bonchev–Trinajstić information content (AvgIpc) is 3.34. The highest BCUT2D eigenvalue weighted by Gasteiger charge is 2.24. The van der Waals surface area contributed by atoms with E-state index in [9.17, 15) is 13.2 Å². The van der Waals surface area contributed by atoms with Gasteiger partial charge >= 0.3 is 0 Å². The number of carbonyl (C=O) groups excluding carboxylic acids is 1. The van der Waals surface area contributed by atoms with E-state index in [1.807, 2.05) is 38.1 Å². The van der Waals surface area contributed by atoms with E-state index in [0.29, 0.717) is 48.1 Å². The maximum Gasteiger partial charge on any atom is 0.275 e. The molecule has 0 unspecified atom stereocenters. The quantitative estimate of drug-likeness (QED) is 0.562. The molecule has 0 radical (unpaired) electrons. The molecule has 2 aromatic heterocycles. The topological polar surface area (TPSA) is 117 Å². The fourth-order valence-electron chi connectivity index (χ4n) is 3.86. The Morgan fingerprint density at radius 3 is 2.59 bits per heavy atom. The smallest absolute Gasteiger partial charge is 0.275 e. The zero-order chi connectivity index (χ0) is 22.9. The Hall–Kier alpha value is -2.76. The number of carbonyl (C=O) groups is 1. The minimum atomic E-state index is -3.22. The van der Waals surface area contributed by atoms with Crippen LogP contribution in [0.1, 0.15) is 34.8 Å². The number of nitrogens with one attached hydrogen (secondary N) is 2. The van der Waals surface area contributed by atoms with Crippen molar-refractivity contribution in [2.75, 3.05) is 29.6 Å². The van der Waals surface area contributed by atoms with Gasteiger partial charge in [0.25, 0.3) is 5.91 Å². The normalized spacial score (nSPS) is 15.2. The summed E-state index contributed by atoms with van der Waals surface area (Å²) in [4.78, 5) is 19.6. The van der Waals surface area contributed by atoms with E-state index in [0.717, 1.165) is 16.9 Å². The third-order valence-electron chi connectivity index (χ3n) is 5.35. The third-order valence-corrected chi connectivity index (χ3v) is 6.97. The number of aromatic nitrogens is 2. The van der Waals surface area contributed by atoms with Crippen molar-refractivity contribution in [2.45, 2.75) is 32.7 Å². The molecule has 0 spiro atoms. The van der Waals surface area contributed by atoms with Crippen LogP contribution >= 0.6 is 11.3 Å². The molecule has 0 aliphatic carbocycles. The SMILES string of the molecule is Cc1noc(C)c1-c1nc(C(=O)Nc2ccccc2N2CCC(NS(C)(=O)=O)CC2)cs1. The first-order valence-corrected chi connectivity index (χ1v) is 13.0. The van der Waals surface area contributed by atoms with Gasteiger partial charge in [-0.1, -0.05) is 17.3 Å². The molecule has 0 saturated carbocycles. The first-order chi connectivity index (χ1) is 15.2. The summed E-state index contributed by atoms with van der Waals surface area (Å²) >= 11 is 1.37. The number of anilines is 2. The second-order valence-corrected chi connectivity index (χ2v) is 10.5. The molecule has 1 aromatic carbocycles. The molecule has 1 amide bonds. The second-order valence-electron chi connectivity index (χ2n) is 7.86. The van der Waals surface area contributed by atoms with Gasteiger partial charge in [-0.3, -0.25) is 4.79 Å². The summed E-state index contributed by atoms with van der Waals surface area (Å²) in [5.74, 6) is 0.378. The number of benzene rings is 1. The number of hydrogen-bond donors (Lipinski definition) is 2. The van der Waals surface area contributed by atoms with Crippen molar-refractivity contribution < 1.29 is 17.7 Å². The summed E-state index contributed by atoms with van der Waals surface area (Å²) in [6.07, 6.45) is 2.57. The highest BCUT2D eigenvalue weighted by molar-refractivity contribution is 7.88. The summed E-state index contributed by atoms with van der Waals surface area (Å²) in [6, 6.07) is 7.53. The number of thiazole rings is 1. The lowest BCUT2D eigenvalue weighted by Crippen LogP contribution is -2.44. The molecule has 170 valence electrons. The lowest BCUT2D eigenvalue weighted by Gasteiger charge is -2.34. The molecule has 1 aliphatic rings. The number of amides is 1. The number of para-hydroxylation sites is 2. The first kappa shape index (κ1) is 22.4. The van der Waals surface area contributed by atoms with Crippen molar-refractivity contribution in [1.29, 1.82) is 0 Å². The fraction of sp³-hybridized carbons (Fsp3) is 0.381. The van der Waals surface area contributed by atoms with Crippen LogP contribution in [0.4, 0.5) is 11.4 Å². The highest BCUT2D eigenvalue weighted by atomic mass is 32.2. The van der Waals surface area contributed by atoms with E-state index in [2.05, 4.69) is 25.1 Å². The van der Waals surface area contributed by atoms with Gasteiger partial charge in [0.15, 0.2) is 0 Å². The molecule has 11 heteroatoms. The van der Waals surface area contributed by atoms with E-state index in [4.69, 9.17) is 4.52 Å². The Kier molecular flexibility index (Phi) is 6.31. The summed E-state index contributed by atoms with van der Waals surface area (Å²) in [7, 11) is -3.22. The van der Waals surface area contributed by atoms with Crippen molar-refractivity contribution in [3.8, 4) is 10.6 Å². The van der Waals surface area contributed by atoms with Gasteiger partial charge in [-0.25, -0.2) is 18.1 Å². The van der Waals surface area contributed by atoms with Gasteiger partial charge < -0.3 is 14.7 Å². The number of rotatable bonds is 6. The molecule has 3 aromatic rings. The van der Waals surface area contributed by atoms with Crippen LogP contribution in [-0.4, -0.2) is 49.9 Å². The number of nitrogens with zero attached hydrogens (tertiary/aromatic N) is 3. The van der Waals surface area contributed by atoms with Crippen LogP contribution in [0.25, 0.3) is 10.6 Å². The Balaban J connectivity index is 1.47. The molecular formula is C21H25N5O4S2. The Bertz CT molecular complexity index is 1210. The van der Waals surface area contributed by atoms with Gasteiger partial charge in [-0.2, -0.15) is 0 Å². The average molecular weight is 476 g/mol. The van der Waals surface area contributed by atoms with Gasteiger partial charge in [0.05, 0.1) is 28.9 Å². The summed E-state index contributed by atoms with van der Waals surface area (Å²) in [5, 5.41) is 9.34. The first-order valence-electron chi connectivity index (χ1n) is 10.2. The van der Waals surface area contributed by atoms with Crippen molar-refractivity contribution in [1.82, 2.24) is 14.9 Å². The molecule has 1 saturated heterocycles. The third kappa shape index (κ3) is 5.00. The molecule has 32 heavy (non-hydrogen) atoms. The summed E-state index contributed by atoms with van der Waals surface area (Å²) < 4.78 is 30.9. The van der Waals surface area contributed by atoms with Crippen LogP contribution in [0.2, 0.25) is 0 Å². The van der Waals surface area contributed by atoms with E-state index >= 15 is 0 Å². The molecule has 2 N–H and O–H groups in total. The van der Waals surface area contributed by atoms with Gasteiger partial charge in [0, 0.05) is 24.5 Å². The standard InChI is InChI=1S/C21H25N5O4S2/c1-13-19(14(2)30-24-13)21-23-17(12-31-21)20(27)22-16-6-4-5-7-18(16)26-10-8-15(9-11-26)25-32(3,28)29/h4-7,12,15,25H,8-11H2,1-3H3,(H,22,27). The predicted molar refractivity (Wildman–Crippen MR) is 125 cm³/mol. The molecule has 0 bridgehead atoms. The zero-order valence-corrected chi connectivity index (χ0v) is 19.7. The van der Waals surface area contributed by atoms with Crippen molar-refractivity contribution in [3.63, 3.8) is 0 Å². The highest BCUT2D eigenvalue weighted by Crippen LogP contribution is 2.31. The largest absolute Gasteiger partial charge is 0.370 e. The van der Waals surface area contributed by atoms with Crippen LogP contribution in [-0.2, 0) is 10.0 Å². The molecule has 1 fully saturated rings. The van der Waals surface area contributed by atoms with Crippen molar-refractivity contribution in [3.05, 3.63) is 46.8 Å². The fourth-order valence-corrected chi connectivity index (χ4v) is 5.65. The maximum atomic E-state index is 12.9. The Morgan fingerprint density at radius 2 is 1.94 bits per heavy atom. The predicted octanol–water partition coefficient (Wildman–Crippen LogP) is 3.19. The summed E-state index contributed by atoms with van der Waals surface area (Å²) in [5.41, 5.74) is 3.48. The minimum Gasteiger partial charge on any atom is -0.370 e. The van der Waals surface area contributed by atoms with E-state index < -0.39 is 10.0 Å². The molecule has 1 aliphatic heterocycles. The van der Waals surface area contributed by atoms with Crippen LogP contribution in [0.15, 0.2) is 34.2 Å². The van der Waals surface area contributed by atoms with Gasteiger partial charge in [0.1, 0.15) is 16.5 Å². The van der Waals surface area contributed by atoms with Gasteiger partial charge in [-0.15, -0.1) is 11.3 Å². The van der Waals surface area contributed by atoms with Crippen LogP contribution in [0.5, 0.6) is 0 Å². The van der Waals surface area contributed by atoms with Gasteiger partial charge in [0.2, 0.25) is 10.0 Å². The zero-order valence-electron chi connectivity index (χ0n) is 18.1. The minimum absolute atomic E-state index is 0.0687. The Labute approximate surface area is 190 Å². The second kappa shape index (κ2) is 9.00. The van der Waals surface area contributed by atoms with Crippen molar-refractivity contribution in [2.24, 2.45) is 0 Å². The monoisotopic (exact) mass is 475 g/mol. The van der Waals surface area contributed by atoms with Crippen LogP contribution in [0, 0.1) is 13.8 Å². The maximum absolute atomic E-state index is 12.9. The van der Waals surface area contributed by atoms with Crippen LogP contribution in [0.3, 0.4) is 0 Å². The lowest BCUT2D eigenvalue weighted by molar-refractivity contribution is 0.102. The van der Waals surface area contributed by atoms with Crippen LogP contribution < -0.4 is 14.9 Å². The number of sulfonamides is 1. The van der Waals surface area contributed by atoms with E-state index in [-0.39, 0.29) is 11.9 Å². The Morgan fingerprint density at radius 1 is 1.22 bits per heavy atom. The molecule has 0 atom stereocenters. The van der Waals surface area contributed by atoms with E-state index in [1.54, 1.807) is 5.38 Å². The molecular weight excluding hydrogens is 450 g/mol. The summed E-state index contributed by atoms with van der Waals surface area (Å²) in [6.45, 7) is 5.04. The number of aryl methyl sites for hydroxylation is 2. The van der Waals surface area contributed by atoms with Crippen molar-refractivity contribution >= 4 is 38.6 Å². The molecule has 3 heterocycles. The lowest BCUT2D eigenvalue weighted by atomic mass is 10.0. The van der Waals surface area contributed by atoms with Gasteiger partial charge in [-0.05, 0) is 38.8 Å². The number of hydrogen-bond acceptors (Lipinski definition) is 8. The molecule has 4 rings (SSSR count).